The minimum atomic E-state index is -0.486. The number of benzene rings is 2. The number of carbonyl (C=O) groups is 2. The van der Waals surface area contributed by atoms with Crippen LogP contribution in [0.2, 0.25) is 0 Å². The molecule has 2 aliphatic heterocycles. The van der Waals surface area contributed by atoms with E-state index in [1.807, 2.05) is 36.4 Å². The van der Waals surface area contributed by atoms with Crippen LogP contribution in [0.4, 0.5) is 0 Å². The molecule has 3 aliphatic rings. The Morgan fingerprint density at radius 3 is 2.38 bits per heavy atom. The topological polar surface area (TPSA) is 46.6 Å². The quantitative estimate of drug-likeness (QED) is 0.761. The van der Waals surface area contributed by atoms with Crippen LogP contribution in [0.15, 0.2) is 48.5 Å². The second kappa shape index (κ2) is 5.61. The molecule has 0 unspecified atom stereocenters. The van der Waals surface area contributed by atoms with E-state index in [1.54, 1.807) is 16.7 Å². The molecule has 0 saturated carbocycles. The summed E-state index contributed by atoms with van der Waals surface area (Å²) in [5.74, 6) is 0.372. The molecule has 2 fully saturated rings. The zero-order valence-corrected chi connectivity index (χ0v) is 15.3. The van der Waals surface area contributed by atoms with Crippen molar-refractivity contribution in [1.29, 1.82) is 0 Å². The van der Waals surface area contributed by atoms with Crippen LogP contribution in [0.25, 0.3) is 11.1 Å². The summed E-state index contributed by atoms with van der Waals surface area (Å²) >= 11 is 1.69. The molecule has 5 rings (SSSR count). The Balaban J connectivity index is 1.47. The molecule has 4 nitrogen and oxygen atoms in total. The average Bonchev–Trinajstić information content (AvgIpc) is 3.26. The van der Waals surface area contributed by atoms with Gasteiger partial charge in [0.1, 0.15) is 6.04 Å². The first-order chi connectivity index (χ1) is 12.6. The van der Waals surface area contributed by atoms with Crippen LogP contribution in [0.3, 0.4) is 0 Å². The summed E-state index contributed by atoms with van der Waals surface area (Å²) < 4.78 is 6.00. The second-order valence-corrected chi connectivity index (χ2v) is 8.76. The molecule has 1 amide bonds. The molecule has 2 aromatic rings. The molecule has 1 aliphatic carbocycles. The number of amides is 1. The first-order valence-corrected chi connectivity index (χ1v) is 9.92. The molecule has 0 N–H and O–H groups in total. The second-order valence-electron chi connectivity index (χ2n) is 7.26. The van der Waals surface area contributed by atoms with E-state index in [0.29, 0.717) is 12.2 Å². The molecule has 132 valence electrons. The highest BCUT2D eigenvalue weighted by Crippen LogP contribution is 2.49. The fourth-order valence-corrected chi connectivity index (χ4v) is 5.84. The lowest BCUT2D eigenvalue weighted by Crippen LogP contribution is -2.46. The Morgan fingerprint density at radius 1 is 1.12 bits per heavy atom. The largest absolute Gasteiger partial charge is 0.451 e. The molecule has 2 atom stereocenters. The molecule has 0 radical (unpaired) electrons. The van der Waals surface area contributed by atoms with Crippen molar-refractivity contribution in [3.63, 3.8) is 0 Å². The highest BCUT2D eigenvalue weighted by atomic mass is 32.2. The van der Waals surface area contributed by atoms with Gasteiger partial charge in [-0.2, -0.15) is 0 Å². The lowest BCUT2D eigenvalue weighted by Gasteiger charge is -2.30. The molecule has 2 saturated heterocycles. The molecule has 0 aromatic heterocycles. The van der Waals surface area contributed by atoms with Crippen molar-refractivity contribution < 1.29 is 14.3 Å². The maximum atomic E-state index is 13.0. The van der Waals surface area contributed by atoms with E-state index in [4.69, 9.17) is 4.74 Å². The van der Waals surface area contributed by atoms with E-state index in [0.717, 1.165) is 28.7 Å². The van der Waals surface area contributed by atoms with Gasteiger partial charge in [-0.1, -0.05) is 48.5 Å². The van der Waals surface area contributed by atoms with Crippen molar-refractivity contribution in [2.75, 3.05) is 5.75 Å². The first kappa shape index (κ1) is 15.9. The number of ether oxygens (including phenoxy) is 1. The van der Waals surface area contributed by atoms with Crippen molar-refractivity contribution in [3.05, 3.63) is 59.7 Å². The van der Waals surface area contributed by atoms with E-state index in [-0.39, 0.29) is 16.7 Å². The molecule has 26 heavy (non-hydrogen) atoms. The maximum absolute atomic E-state index is 13.0. The zero-order chi connectivity index (χ0) is 17.9. The van der Waals surface area contributed by atoms with Crippen LogP contribution in [0.1, 0.15) is 37.0 Å². The molecular weight excluding hydrogens is 346 g/mol. The summed E-state index contributed by atoms with van der Waals surface area (Å²) in [5.41, 5.74) is 4.26. The van der Waals surface area contributed by atoms with Crippen molar-refractivity contribution in [2.45, 2.75) is 36.8 Å². The highest BCUT2D eigenvalue weighted by molar-refractivity contribution is 8.01. The summed E-state index contributed by atoms with van der Waals surface area (Å²) in [6, 6.07) is 15.6. The predicted octanol–water partition coefficient (Wildman–Crippen LogP) is 3.75. The lowest BCUT2D eigenvalue weighted by atomic mass is 10.1. The number of carbonyl (C=O) groups excluding carboxylic acids is 2. The minimum Gasteiger partial charge on any atom is -0.451 e. The molecular formula is C21H19NO3S. The van der Waals surface area contributed by atoms with Crippen LogP contribution in [0, 0.1) is 0 Å². The number of hydrogen-bond acceptors (Lipinski definition) is 4. The van der Waals surface area contributed by atoms with Crippen LogP contribution in [0.5, 0.6) is 0 Å². The third-order valence-corrected chi connectivity index (χ3v) is 7.23. The number of esters is 1. The Morgan fingerprint density at radius 2 is 1.73 bits per heavy atom. The molecule has 0 bridgehead atoms. The van der Waals surface area contributed by atoms with E-state index >= 15 is 0 Å². The minimum absolute atomic E-state index is 0.0617. The molecule has 2 aromatic carbocycles. The van der Waals surface area contributed by atoms with Gasteiger partial charge in [0.15, 0.2) is 6.10 Å². The lowest BCUT2D eigenvalue weighted by molar-refractivity contribution is -0.156. The fourth-order valence-electron chi connectivity index (χ4n) is 4.43. The van der Waals surface area contributed by atoms with Crippen molar-refractivity contribution >= 4 is 23.6 Å². The Labute approximate surface area is 156 Å². The number of nitrogens with zero attached hydrogens (tertiary/aromatic N) is 1. The maximum Gasteiger partial charge on any atom is 0.330 e. The van der Waals surface area contributed by atoms with Gasteiger partial charge in [0.25, 0.3) is 0 Å². The average molecular weight is 365 g/mol. The van der Waals surface area contributed by atoms with Gasteiger partial charge in [0, 0.05) is 23.3 Å². The first-order valence-electron chi connectivity index (χ1n) is 8.93. The standard InChI is InChI=1S/C21H19NO3S/c1-21-11-10-18(23)22(21)17(12-26-21)20(24)25-19-15-8-4-2-6-13(15)14-7-3-5-9-16(14)19/h2-9,17,19H,10-12H2,1H3/t17-,21-/m0/s1. The molecule has 5 heteroatoms. The summed E-state index contributed by atoms with van der Waals surface area (Å²) in [7, 11) is 0. The van der Waals surface area contributed by atoms with Gasteiger partial charge in [0.05, 0.1) is 4.87 Å². The van der Waals surface area contributed by atoms with Crippen molar-refractivity contribution in [1.82, 2.24) is 4.90 Å². The van der Waals surface area contributed by atoms with Gasteiger partial charge in [-0.3, -0.25) is 4.79 Å². The van der Waals surface area contributed by atoms with Gasteiger partial charge in [-0.25, -0.2) is 4.79 Å². The molecule has 2 heterocycles. The van der Waals surface area contributed by atoms with Crippen LogP contribution in [-0.4, -0.2) is 33.4 Å². The predicted molar refractivity (Wildman–Crippen MR) is 101 cm³/mol. The van der Waals surface area contributed by atoms with Crippen LogP contribution < -0.4 is 0 Å². The van der Waals surface area contributed by atoms with Crippen LogP contribution >= 0.6 is 11.8 Å². The van der Waals surface area contributed by atoms with Gasteiger partial charge in [-0.15, -0.1) is 11.8 Å². The summed E-state index contributed by atoms with van der Waals surface area (Å²) in [6.45, 7) is 2.05. The number of fused-ring (bicyclic) bond motifs is 4. The Hall–Kier alpha value is -2.27. The van der Waals surface area contributed by atoms with Crippen molar-refractivity contribution in [3.8, 4) is 11.1 Å². The summed E-state index contributed by atoms with van der Waals surface area (Å²) in [5, 5.41) is 0. The van der Waals surface area contributed by atoms with E-state index in [1.165, 1.54) is 0 Å². The van der Waals surface area contributed by atoms with Gasteiger partial charge >= 0.3 is 5.97 Å². The summed E-state index contributed by atoms with van der Waals surface area (Å²) in [4.78, 5) is 26.8. The third kappa shape index (κ3) is 2.16. The van der Waals surface area contributed by atoms with Gasteiger partial charge < -0.3 is 9.64 Å². The van der Waals surface area contributed by atoms with Gasteiger partial charge in [-0.05, 0) is 24.5 Å². The number of rotatable bonds is 2. The third-order valence-electron chi connectivity index (χ3n) is 5.73. The van der Waals surface area contributed by atoms with Crippen LogP contribution in [-0.2, 0) is 14.3 Å². The monoisotopic (exact) mass is 365 g/mol. The summed E-state index contributed by atoms with van der Waals surface area (Å²) in [6.07, 6.45) is 0.919. The van der Waals surface area contributed by atoms with Gasteiger partial charge in [0.2, 0.25) is 5.91 Å². The number of thioether (sulfide) groups is 1. The van der Waals surface area contributed by atoms with E-state index < -0.39 is 12.1 Å². The molecule has 0 spiro atoms. The fraction of sp³-hybridized carbons (Fsp3) is 0.333. The Kier molecular flexibility index (Phi) is 3.44. The van der Waals surface area contributed by atoms with E-state index in [9.17, 15) is 9.59 Å². The van der Waals surface area contributed by atoms with Crippen molar-refractivity contribution in [2.24, 2.45) is 0 Å². The zero-order valence-electron chi connectivity index (χ0n) is 14.5. The smallest absolute Gasteiger partial charge is 0.330 e. The van der Waals surface area contributed by atoms with E-state index in [2.05, 4.69) is 19.1 Å². The normalized spacial score (nSPS) is 26.6. The SMILES string of the molecule is C[C@]12CCC(=O)N1[C@H](C(=O)OC1c3ccccc3-c3ccccc31)CS2. The highest BCUT2D eigenvalue weighted by Gasteiger charge is 2.54. The number of hydrogen-bond donors (Lipinski definition) is 0. The Bertz CT molecular complexity index is 881.